The summed E-state index contributed by atoms with van der Waals surface area (Å²) in [5.41, 5.74) is 2.84. The molecular weight excluding hydrogens is 426 g/mol. The largest absolute Gasteiger partial charge is 0.504 e. The lowest BCUT2D eigenvalue weighted by molar-refractivity contribution is 0.00864. The zero-order chi connectivity index (χ0) is 22.4. The van der Waals surface area contributed by atoms with Crippen molar-refractivity contribution in [1.82, 2.24) is 4.90 Å². The number of esters is 1. The van der Waals surface area contributed by atoms with Gasteiger partial charge in [-0.1, -0.05) is 6.07 Å². The molecule has 0 saturated carbocycles. The van der Waals surface area contributed by atoms with Crippen LogP contribution in [0.4, 0.5) is 0 Å². The number of halogens is 1. The Balaban J connectivity index is 1.95. The monoisotopic (exact) mass is 449 g/mol. The van der Waals surface area contributed by atoms with Crippen molar-refractivity contribution in [1.29, 1.82) is 0 Å². The Morgan fingerprint density at radius 3 is 2.45 bits per heavy atom. The number of methoxy groups -OCH3 is 3. The molecule has 2 atom stereocenters. The highest BCUT2D eigenvalue weighted by atomic mass is 35.5. The molecule has 0 aromatic heterocycles. The van der Waals surface area contributed by atoms with Crippen molar-refractivity contribution in [3.8, 4) is 28.7 Å². The van der Waals surface area contributed by atoms with Crippen LogP contribution in [0.25, 0.3) is 0 Å². The third-order valence-corrected chi connectivity index (χ3v) is 6.36. The molecule has 0 spiro atoms. The van der Waals surface area contributed by atoms with Crippen molar-refractivity contribution in [3.05, 3.63) is 39.9 Å². The summed E-state index contributed by atoms with van der Waals surface area (Å²) < 4.78 is 22.1. The van der Waals surface area contributed by atoms with E-state index in [1.54, 1.807) is 12.1 Å². The van der Waals surface area contributed by atoms with Gasteiger partial charge in [0.05, 0.1) is 33.3 Å². The van der Waals surface area contributed by atoms with E-state index in [2.05, 4.69) is 0 Å². The van der Waals surface area contributed by atoms with Crippen LogP contribution in [0.3, 0.4) is 0 Å². The zero-order valence-electron chi connectivity index (χ0n) is 17.7. The molecule has 0 saturated heterocycles. The summed E-state index contributed by atoms with van der Waals surface area (Å²) in [6, 6.07) is 3.03. The number of nitrogens with zero attached hydrogens (tertiary/aromatic N) is 1. The van der Waals surface area contributed by atoms with E-state index < -0.39 is 18.1 Å². The Labute approximate surface area is 184 Å². The Morgan fingerprint density at radius 2 is 1.84 bits per heavy atom. The summed E-state index contributed by atoms with van der Waals surface area (Å²) in [7, 11) is 6.30. The second kappa shape index (κ2) is 8.01. The van der Waals surface area contributed by atoms with Crippen molar-refractivity contribution >= 4 is 17.6 Å². The fourth-order valence-corrected chi connectivity index (χ4v) is 4.95. The van der Waals surface area contributed by atoms with Crippen LogP contribution in [0.2, 0.25) is 0 Å². The van der Waals surface area contributed by atoms with Crippen LogP contribution in [0.5, 0.6) is 28.7 Å². The summed E-state index contributed by atoms with van der Waals surface area (Å²) in [5, 5.41) is 21.1. The molecule has 0 amide bonds. The van der Waals surface area contributed by atoms with Crippen molar-refractivity contribution in [2.45, 2.75) is 24.4 Å². The fraction of sp³-hybridized carbons (Fsp3) is 0.409. The number of hydrogen-bond acceptors (Lipinski definition) is 8. The smallest absolute Gasteiger partial charge is 0.343 e. The van der Waals surface area contributed by atoms with Crippen LogP contribution in [0.1, 0.15) is 44.8 Å². The normalized spacial score (nSPS) is 20.1. The Morgan fingerprint density at radius 1 is 1.13 bits per heavy atom. The maximum absolute atomic E-state index is 12.9. The topological polar surface area (TPSA) is 97.7 Å². The number of carbonyl (C=O) groups is 1. The molecule has 31 heavy (non-hydrogen) atoms. The van der Waals surface area contributed by atoms with Crippen LogP contribution >= 0.6 is 11.6 Å². The molecule has 0 fully saturated rings. The summed E-state index contributed by atoms with van der Waals surface area (Å²) in [5.74, 6) is -0.278. The SMILES string of the molecule is COc1ccc2c(c1OC)C(=O)OC2[C@H]1c2c(c(CCl)c(O)c(O)c2OC)CCN1C. The Hall–Kier alpha value is -2.84. The average molecular weight is 450 g/mol. The zero-order valence-corrected chi connectivity index (χ0v) is 18.4. The molecule has 166 valence electrons. The first-order valence-corrected chi connectivity index (χ1v) is 10.3. The highest BCUT2D eigenvalue weighted by Crippen LogP contribution is 2.55. The van der Waals surface area contributed by atoms with Gasteiger partial charge in [0.25, 0.3) is 0 Å². The second-order valence-corrected chi connectivity index (χ2v) is 7.77. The number of alkyl halides is 1. The Bertz CT molecular complexity index is 1060. The van der Waals surface area contributed by atoms with Crippen LogP contribution < -0.4 is 14.2 Å². The standard InChI is InChI=1S/C22H24ClNO7/c1-24-8-7-10-12(9-23)17(25)18(26)21(30-4)14(10)16(24)19-11-5-6-13(28-2)20(29-3)15(11)22(27)31-19/h5-6,16,19,25-26H,7-9H2,1-4H3/t16-,19?/m1/s1. The van der Waals surface area contributed by atoms with E-state index in [1.807, 2.05) is 11.9 Å². The van der Waals surface area contributed by atoms with Crippen molar-refractivity contribution < 1.29 is 34.0 Å². The molecule has 2 aliphatic heterocycles. The first kappa shape index (κ1) is 21.4. The van der Waals surface area contributed by atoms with Gasteiger partial charge in [-0.15, -0.1) is 11.6 Å². The van der Waals surface area contributed by atoms with Gasteiger partial charge in [-0.2, -0.15) is 0 Å². The van der Waals surface area contributed by atoms with Gasteiger partial charge >= 0.3 is 5.97 Å². The highest BCUT2D eigenvalue weighted by molar-refractivity contribution is 6.17. The van der Waals surface area contributed by atoms with Crippen LogP contribution in [0, 0.1) is 0 Å². The van der Waals surface area contributed by atoms with E-state index in [0.717, 1.165) is 5.56 Å². The van der Waals surface area contributed by atoms with Gasteiger partial charge in [0.1, 0.15) is 11.7 Å². The predicted octanol–water partition coefficient (Wildman–Crippen LogP) is 3.30. The number of benzene rings is 2. The number of aromatic hydroxyl groups is 2. The number of fused-ring (bicyclic) bond motifs is 2. The number of likely N-dealkylation sites (N-methyl/N-ethyl adjacent to an activating group) is 1. The van der Waals surface area contributed by atoms with Gasteiger partial charge in [-0.3, -0.25) is 4.90 Å². The maximum atomic E-state index is 12.9. The fourth-order valence-electron chi connectivity index (χ4n) is 4.66. The molecule has 2 aromatic carbocycles. The summed E-state index contributed by atoms with van der Waals surface area (Å²) in [6.45, 7) is 0.631. The molecule has 0 bridgehead atoms. The molecule has 0 radical (unpaired) electrons. The third-order valence-electron chi connectivity index (χ3n) is 6.09. The third kappa shape index (κ3) is 3.04. The van der Waals surface area contributed by atoms with E-state index in [1.165, 1.54) is 21.3 Å². The lowest BCUT2D eigenvalue weighted by Gasteiger charge is -2.39. The first-order valence-electron chi connectivity index (χ1n) is 9.75. The molecule has 2 aliphatic rings. The number of cyclic esters (lactones) is 1. The van der Waals surface area contributed by atoms with E-state index >= 15 is 0 Å². The van der Waals surface area contributed by atoms with E-state index in [4.69, 9.17) is 30.5 Å². The van der Waals surface area contributed by atoms with Crippen molar-refractivity contribution in [3.63, 3.8) is 0 Å². The summed E-state index contributed by atoms with van der Waals surface area (Å²) in [6.07, 6.45) is -0.0963. The van der Waals surface area contributed by atoms with Crippen LogP contribution in [-0.4, -0.2) is 56.0 Å². The lowest BCUT2D eigenvalue weighted by Crippen LogP contribution is -2.36. The summed E-state index contributed by atoms with van der Waals surface area (Å²) in [4.78, 5) is 14.9. The molecule has 4 rings (SSSR count). The van der Waals surface area contributed by atoms with Crippen LogP contribution in [0.15, 0.2) is 12.1 Å². The van der Waals surface area contributed by atoms with Gasteiger partial charge in [0.15, 0.2) is 23.0 Å². The lowest BCUT2D eigenvalue weighted by atomic mass is 9.83. The molecule has 9 heteroatoms. The molecule has 2 N–H and O–H groups in total. The van der Waals surface area contributed by atoms with Crippen LogP contribution in [-0.2, 0) is 17.0 Å². The number of phenols is 2. The number of ether oxygens (including phenoxy) is 4. The van der Waals surface area contributed by atoms with E-state index in [0.29, 0.717) is 46.7 Å². The number of phenolic OH excluding ortho intramolecular Hbond substituents is 2. The van der Waals surface area contributed by atoms with E-state index in [-0.39, 0.29) is 23.1 Å². The van der Waals surface area contributed by atoms with Gasteiger partial charge in [-0.25, -0.2) is 4.79 Å². The Kier molecular flexibility index (Phi) is 5.53. The quantitative estimate of drug-likeness (QED) is 0.407. The molecule has 1 unspecified atom stereocenters. The average Bonchev–Trinajstić information content (AvgIpc) is 3.10. The predicted molar refractivity (Wildman–Crippen MR) is 113 cm³/mol. The number of carbonyl (C=O) groups excluding carboxylic acids is 1. The molecular formula is C22H24ClNO7. The molecule has 8 nitrogen and oxygen atoms in total. The first-order chi connectivity index (χ1) is 14.9. The van der Waals surface area contributed by atoms with Gasteiger partial charge in [0.2, 0.25) is 5.75 Å². The minimum Gasteiger partial charge on any atom is -0.504 e. The molecule has 2 heterocycles. The number of rotatable bonds is 5. The minimum absolute atomic E-state index is 0.0220. The number of hydrogen-bond donors (Lipinski definition) is 2. The highest BCUT2D eigenvalue weighted by Gasteiger charge is 2.46. The molecule has 2 aromatic rings. The second-order valence-electron chi connectivity index (χ2n) is 7.50. The van der Waals surface area contributed by atoms with Gasteiger partial charge < -0.3 is 29.2 Å². The van der Waals surface area contributed by atoms with Crippen molar-refractivity contribution in [2.24, 2.45) is 0 Å². The minimum atomic E-state index is -0.688. The van der Waals surface area contributed by atoms with Gasteiger partial charge in [0, 0.05) is 23.2 Å². The van der Waals surface area contributed by atoms with E-state index in [9.17, 15) is 15.0 Å². The van der Waals surface area contributed by atoms with Gasteiger partial charge in [-0.05, 0) is 25.1 Å². The maximum Gasteiger partial charge on any atom is 0.343 e. The summed E-state index contributed by atoms with van der Waals surface area (Å²) >= 11 is 6.12. The van der Waals surface area contributed by atoms with Crippen molar-refractivity contribution in [2.75, 3.05) is 34.9 Å². The molecule has 0 aliphatic carbocycles.